The lowest BCUT2D eigenvalue weighted by atomic mass is 9.71. The van der Waals surface area contributed by atoms with Gasteiger partial charge < -0.3 is 10.1 Å². The van der Waals surface area contributed by atoms with Gasteiger partial charge in [-0.1, -0.05) is 19.9 Å². The van der Waals surface area contributed by atoms with E-state index in [0.29, 0.717) is 34.7 Å². The number of rotatable bonds is 6. The van der Waals surface area contributed by atoms with E-state index in [1.807, 2.05) is 37.4 Å². The van der Waals surface area contributed by atoms with Crippen LogP contribution in [0.5, 0.6) is 0 Å². The molecule has 2 aliphatic rings. The number of aromatic nitrogens is 4. The van der Waals surface area contributed by atoms with Crippen LogP contribution in [0, 0.1) is 18.3 Å². The van der Waals surface area contributed by atoms with Gasteiger partial charge in [-0.3, -0.25) is 14.7 Å². The predicted octanol–water partition coefficient (Wildman–Crippen LogP) is 4.38. The first-order chi connectivity index (χ1) is 18.4. The summed E-state index contributed by atoms with van der Waals surface area (Å²) < 4.78 is 7.16. The number of pyridine rings is 2. The third-order valence-electron chi connectivity index (χ3n) is 8.01. The van der Waals surface area contributed by atoms with E-state index in [2.05, 4.69) is 45.2 Å². The second-order valence-electron chi connectivity index (χ2n) is 10.6. The maximum absolute atomic E-state index is 13.0. The summed E-state index contributed by atoms with van der Waals surface area (Å²) >= 11 is 0. The summed E-state index contributed by atoms with van der Waals surface area (Å²) in [5, 5.41) is 17.4. The minimum Gasteiger partial charge on any atom is -0.379 e. The molecule has 9 nitrogen and oxygen atoms in total. The molecule has 0 spiro atoms. The summed E-state index contributed by atoms with van der Waals surface area (Å²) in [4.78, 5) is 24.7. The van der Waals surface area contributed by atoms with Gasteiger partial charge in [0.25, 0.3) is 5.91 Å². The Morgan fingerprint density at radius 2 is 1.87 bits per heavy atom. The van der Waals surface area contributed by atoms with Crippen LogP contribution < -0.4 is 5.32 Å². The van der Waals surface area contributed by atoms with Crippen molar-refractivity contribution in [3.63, 3.8) is 0 Å². The minimum absolute atomic E-state index is 0.261. The van der Waals surface area contributed by atoms with Crippen LogP contribution >= 0.6 is 0 Å². The molecule has 1 aliphatic carbocycles. The number of nitrogens with zero attached hydrogens (tertiary/aromatic N) is 6. The number of nitriles is 1. The SMILES string of the molecule is Cc1c(C(=O)Nc2ccc([C@]3(C#N)CC[C@@H](N4CCOCC4)CC3)nc2)cnn1-c1ccc(C(C)C)cn1. The second-order valence-corrected chi connectivity index (χ2v) is 10.6. The van der Waals surface area contributed by atoms with E-state index in [4.69, 9.17) is 4.74 Å². The van der Waals surface area contributed by atoms with E-state index >= 15 is 0 Å². The zero-order chi connectivity index (χ0) is 26.7. The van der Waals surface area contributed by atoms with Gasteiger partial charge in [0, 0.05) is 25.3 Å². The summed E-state index contributed by atoms with van der Waals surface area (Å²) in [6.07, 6.45) is 8.58. The van der Waals surface area contributed by atoms with Crippen LogP contribution in [0.2, 0.25) is 0 Å². The smallest absolute Gasteiger partial charge is 0.259 e. The van der Waals surface area contributed by atoms with Crippen molar-refractivity contribution in [2.24, 2.45) is 0 Å². The van der Waals surface area contributed by atoms with Gasteiger partial charge in [-0.25, -0.2) is 9.67 Å². The molecule has 0 bridgehead atoms. The minimum atomic E-state index is -0.582. The third-order valence-corrected chi connectivity index (χ3v) is 8.01. The zero-order valence-corrected chi connectivity index (χ0v) is 22.4. The number of carbonyl (C=O) groups is 1. The molecule has 3 aromatic heterocycles. The van der Waals surface area contributed by atoms with Gasteiger partial charge >= 0.3 is 0 Å². The van der Waals surface area contributed by atoms with E-state index < -0.39 is 5.41 Å². The van der Waals surface area contributed by atoms with E-state index in [1.54, 1.807) is 17.1 Å². The number of hydrogen-bond donors (Lipinski definition) is 1. The van der Waals surface area contributed by atoms with Crippen molar-refractivity contribution >= 4 is 11.6 Å². The number of morpholine rings is 1. The summed E-state index contributed by atoms with van der Waals surface area (Å²) in [7, 11) is 0. The number of carbonyl (C=O) groups excluding carboxylic acids is 1. The molecular formula is C29H35N7O2. The van der Waals surface area contributed by atoms with Crippen LogP contribution in [0.25, 0.3) is 5.82 Å². The second kappa shape index (κ2) is 11.0. The summed E-state index contributed by atoms with van der Waals surface area (Å²) in [5.74, 6) is 0.801. The molecule has 5 rings (SSSR count). The fourth-order valence-electron chi connectivity index (χ4n) is 5.51. The van der Waals surface area contributed by atoms with Gasteiger partial charge in [0.05, 0.1) is 59.7 Å². The fourth-order valence-corrected chi connectivity index (χ4v) is 5.51. The van der Waals surface area contributed by atoms with Crippen molar-refractivity contribution < 1.29 is 9.53 Å². The first kappa shape index (κ1) is 26.0. The molecule has 0 unspecified atom stereocenters. The molecule has 2 fully saturated rings. The van der Waals surface area contributed by atoms with Gasteiger partial charge in [-0.05, 0) is 62.3 Å². The normalized spacial score (nSPS) is 22.2. The maximum Gasteiger partial charge on any atom is 0.259 e. The molecule has 38 heavy (non-hydrogen) atoms. The molecule has 9 heteroatoms. The van der Waals surface area contributed by atoms with Crippen molar-refractivity contribution in [1.82, 2.24) is 24.6 Å². The van der Waals surface area contributed by atoms with Crippen LogP contribution in [-0.4, -0.2) is 62.9 Å². The van der Waals surface area contributed by atoms with Crippen LogP contribution in [0.15, 0.2) is 42.9 Å². The van der Waals surface area contributed by atoms with Crippen LogP contribution in [0.3, 0.4) is 0 Å². The van der Waals surface area contributed by atoms with Gasteiger partial charge in [-0.15, -0.1) is 0 Å². The standard InChI is InChI=1S/C29H35N7O2/c1-20(2)22-4-7-27(32-16-22)36-21(3)25(18-33-36)28(37)34-23-5-6-26(31-17-23)29(19-30)10-8-24(9-11-29)35-12-14-38-15-13-35/h4-7,16-18,20,24H,8-15H2,1-3H3,(H,34,37)/t24-,29-. The van der Waals surface area contributed by atoms with Crippen molar-refractivity contribution in [1.29, 1.82) is 5.26 Å². The lowest BCUT2D eigenvalue weighted by Crippen LogP contribution is -2.47. The van der Waals surface area contributed by atoms with Crippen LogP contribution in [0.1, 0.15) is 72.8 Å². The topological polar surface area (TPSA) is 109 Å². The Kier molecular flexibility index (Phi) is 7.54. The molecule has 4 heterocycles. The number of hydrogen-bond acceptors (Lipinski definition) is 7. The van der Waals surface area contributed by atoms with E-state index in [1.165, 1.54) is 0 Å². The maximum atomic E-state index is 13.0. The monoisotopic (exact) mass is 513 g/mol. The fraction of sp³-hybridized carbons (Fsp3) is 0.483. The number of anilines is 1. The quantitative estimate of drug-likeness (QED) is 0.521. The third kappa shape index (κ3) is 5.19. The molecule has 1 saturated heterocycles. The Balaban J connectivity index is 1.24. The average Bonchev–Trinajstić information content (AvgIpc) is 3.35. The highest BCUT2D eigenvalue weighted by molar-refractivity contribution is 6.04. The van der Waals surface area contributed by atoms with Crippen molar-refractivity contribution in [3.8, 4) is 11.9 Å². The number of ether oxygens (including phenoxy) is 1. The molecule has 3 aromatic rings. The average molecular weight is 514 g/mol. The Morgan fingerprint density at radius 1 is 1.11 bits per heavy atom. The van der Waals surface area contributed by atoms with Crippen LogP contribution in [0.4, 0.5) is 5.69 Å². The van der Waals surface area contributed by atoms with E-state index in [-0.39, 0.29) is 5.91 Å². The summed E-state index contributed by atoms with van der Waals surface area (Å²) in [6.45, 7) is 9.61. The zero-order valence-electron chi connectivity index (χ0n) is 22.4. The highest BCUT2D eigenvalue weighted by atomic mass is 16.5. The molecule has 0 radical (unpaired) electrons. The molecule has 198 valence electrons. The summed E-state index contributed by atoms with van der Waals surface area (Å²) in [5.41, 5.74) is 3.10. The first-order valence-corrected chi connectivity index (χ1v) is 13.4. The highest BCUT2D eigenvalue weighted by Crippen LogP contribution is 2.40. The summed E-state index contributed by atoms with van der Waals surface area (Å²) in [6, 6.07) is 10.7. The molecule has 1 N–H and O–H groups in total. The van der Waals surface area contributed by atoms with Gasteiger partial charge in [0.2, 0.25) is 0 Å². The molecule has 1 saturated carbocycles. The van der Waals surface area contributed by atoms with Crippen molar-refractivity contribution in [2.45, 2.75) is 63.8 Å². The van der Waals surface area contributed by atoms with E-state index in [0.717, 1.165) is 63.2 Å². The number of amides is 1. The Bertz CT molecular complexity index is 1290. The van der Waals surface area contributed by atoms with Crippen molar-refractivity contribution in [2.75, 3.05) is 31.6 Å². The van der Waals surface area contributed by atoms with Gasteiger partial charge in [0.1, 0.15) is 0 Å². The number of nitrogens with one attached hydrogen (secondary N) is 1. The predicted molar refractivity (Wildman–Crippen MR) is 144 cm³/mol. The Hall–Kier alpha value is -3.61. The molecule has 1 aliphatic heterocycles. The molecule has 1 amide bonds. The van der Waals surface area contributed by atoms with Crippen molar-refractivity contribution in [3.05, 3.63) is 65.4 Å². The van der Waals surface area contributed by atoms with Crippen LogP contribution in [-0.2, 0) is 10.2 Å². The molecular weight excluding hydrogens is 478 g/mol. The lowest BCUT2D eigenvalue weighted by molar-refractivity contribution is 0.00493. The first-order valence-electron chi connectivity index (χ1n) is 13.4. The molecule has 0 atom stereocenters. The lowest BCUT2D eigenvalue weighted by Gasteiger charge is -2.41. The van der Waals surface area contributed by atoms with Gasteiger partial charge in [0.15, 0.2) is 5.82 Å². The van der Waals surface area contributed by atoms with E-state index in [9.17, 15) is 10.1 Å². The largest absolute Gasteiger partial charge is 0.379 e. The molecule has 0 aromatic carbocycles. The highest BCUT2D eigenvalue weighted by Gasteiger charge is 2.40. The van der Waals surface area contributed by atoms with Gasteiger partial charge in [-0.2, -0.15) is 10.4 Å². The Labute approximate surface area is 223 Å². The Morgan fingerprint density at radius 3 is 2.47 bits per heavy atom.